The number of hydrogen-bond donors (Lipinski definition) is 3. The van der Waals surface area contributed by atoms with Gasteiger partial charge in [0.25, 0.3) is 0 Å². The third-order valence-electron chi connectivity index (χ3n) is 7.39. The lowest BCUT2D eigenvalue weighted by Gasteiger charge is -2.28. The first-order valence-corrected chi connectivity index (χ1v) is 16.6. The van der Waals surface area contributed by atoms with Crippen molar-refractivity contribution in [2.45, 2.75) is 85.0 Å². The van der Waals surface area contributed by atoms with Gasteiger partial charge in [0.1, 0.15) is 23.0 Å². The molecule has 2 rings (SSSR count). The molecule has 0 saturated heterocycles. The van der Waals surface area contributed by atoms with Crippen molar-refractivity contribution in [3.8, 4) is 23.0 Å². The highest BCUT2D eigenvalue weighted by Crippen LogP contribution is 2.42. The Morgan fingerprint density at radius 2 is 1.20 bits per heavy atom. The largest absolute Gasteiger partial charge is 0.497 e. The monoisotopic (exact) mass is 704 g/mol. The van der Waals surface area contributed by atoms with Gasteiger partial charge in [-0.3, -0.25) is 4.79 Å². The molecule has 0 atom stereocenters. The number of unbranched alkanes of at least 4 members (excludes halogenated alkanes) is 2. The highest BCUT2D eigenvalue weighted by Gasteiger charge is 2.28. The second-order valence-corrected chi connectivity index (χ2v) is 13.5. The van der Waals surface area contributed by atoms with Crippen LogP contribution in [0, 0.1) is 0 Å². The maximum absolute atomic E-state index is 13.9. The van der Waals surface area contributed by atoms with Crippen molar-refractivity contribution in [2.75, 3.05) is 65.8 Å². The average molecular weight is 705 g/mol. The van der Waals surface area contributed by atoms with Gasteiger partial charge in [-0.25, -0.2) is 20.0 Å². The zero-order valence-corrected chi connectivity index (χ0v) is 31.5. The molecule has 0 aliphatic carbocycles. The molecule has 0 unspecified atom stereocenters. The highest BCUT2D eigenvalue weighted by atomic mass is 16.7. The third kappa shape index (κ3) is 12.8. The van der Waals surface area contributed by atoms with Gasteiger partial charge in [0.05, 0.1) is 32.2 Å². The Balaban J connectivity index is 2.47. The molecule has 280 valence electrons. The van der Waals surface area contributed by atoms with Crippen LogP contribution >= 0.6 is 0 Å². The normalized spacial score (nSPS) is 11.3. The first kappa shape index (κ1) is 41.7. The van der Waals surface area contributed by atoms with Crippen LogP contribution in [0.3, 0.4) is 0 Å². The van der Waals surface area contributed by atoms with E-state index < -0.39 is 12.1 Å². The molecule has 0 aliphatic heterocycles. The molecule has 3 N–H and O–H groups in total. The quantitative estimate of drug-likeness (QED) is 0.0681. The number of carbonyl (C=O) groups is 3. The van der Waals surface area contributed by atoms with Crippen LogP contribution in [0.1, 0.15) is 85.3 Å². The number of rotatable bonds is 17. The molecule has 0 saturated carbocycles. The molecular weight excluding hydrogens is 648 g/mol. The van der Waals surface area contributed by atoms with Gasteiger partial charge in [0.2, 0.25) is 0 Å². The summed E-state index contributed by atoms with van der Waals surface area (Å²) in [4.78, 5) is 39.4. The number of carbonyl (C=O) groups excluding carboxylic acids is 3. The first-order valence-electron chi connectivity index (χ1n) is 16.6. The molecule has 50 heavy (non-hydrogen) atoms. The van der Waals surface area contributed by atoms with Crippen LogP contribution in [0.2, 0.25) is 0 Å². The number of hydrazine groups is 1. The van der Waals surface area contributed by atoms with Gasteiger partial charge in [-0.2, -0.15) is 0 Å². The maximum atomic E-state index is 13.9. The molecule has 2 aromatic rings. The average Bonchev–Trinajstić information content (AvgIpc) is 3.04. The van der Waals surface area contributed by atoms with E-state index in [2.05, 4.69) is 16.1 Å². The Hall–Kier alpha value is -4.43. The number of urea groups is 2. The minimum Gasteiger partial charge on any atom is -0.497 e. The summed E-state index contributed by atoms with van der Waals surface area (Å²) in [5.41, 5.74) is 4.09. The lowest BCUT2D eigenvalue weighted by Crippen LogP contribution is -2.50. The summed E-state index contributed by atoms with van der Waals surface area (Å²) in [5, 5.41) is 6.87. The fourth-order valence-corrected chi connectivity index (χ4v) is 4.90. The SMILES string of the molecule is CCOC(=O)CCCCCN(NC(=O)Nc1cc(OC)cc(C(C)(C)C)c1OCOC)C(=O)Nc1cc(OC)cc(C(C)(C)C)c1OCOC. The van der Waals surface area contributed by atoms with Crippen LogP contribution in [0.15, 0.2) is 24.3 Å². The molecular formula is C36H56N4O10. The number of benzene rings is 2. The lowest BCUT2D eigenvalue weighted by molar-refractivity contribution is -0.143. The fourth-order valence-electron chi connectivity index (χ4n) is 4.90. The number of hydrogen-bond acceptors (Lipinski definition) is 10. The van der Waals surface area contributed by atoms with Gasteiger partial charge < -0.3 is 43.8 Å². The summed E-state index contributed by atoms with van der Waals surface area (Å²) in [6, 6.07) is 5.60. The van der Waals surface area contributed by atoms with Crippen LogP contribution in [-0.4, -0.2) is 78.2 Å². The zero-order valence-electron chi connectivity index (χ0n) is 31.5. The molecule has 0 spiro atoms. The Morgan fingerprint density at radius 3 is 1.64 bits per heavy atom. The third-order valence-corrected chi connectivity index (χ3v) is 7.39. The molecule has 0 aliphatic rings. The van der Waals surface area contributed by atoms with Crippen LogP contribution in [0.5, 0.6) is 23.0 Å². The van der Waals surface area contributed by atoms with Crippen molar-refractivity contribution < 1.29 is 47.5 Å². The number of nitrogens with one attached hydrogen (secondary N) is 3. The van der Waals surface area contributed by atoms with Gasteiger partial charge in [-0.05, 0) is 42.7 Å². The lowest BCUT2D eigenvalue weighted by atomic mass is 9.85. The topological polar surface area (TPSA) is 155 Å². The van der Waals surface area contributed by atoms with E-state index in [9.17, 15) is 14.4 Å². The number of methoxy groups -OCH3 is 4. The van der Waals surface area contributed by atoms with E-state index in [4.69, 9.17) is 33.2 Å². The van der Waals surface area contributed by atoms with Crippen molar-refractivity contribution in [1.29, 1.82) is 0 Å². The molecule has 4 amide bonds. The van der Waals surface area contributed by atoms with Crippen LogP contribution in [-0.2, 0) is 29.8 Å². The molecule has 0 aromatic heterocycles. The van der Waals surface area contributed by atoms with Crippen LogP contribution in [0.4, 0.5) is 21.0 Å². The Kier molecular flexibility index (Phi) is 16.4. The second-order valence-electron chi connectivity index (χ2n) is 13.5. The Bertz CT molecular complexity index is 1420. The first-order chi connectivity index (χ1) is 23.6. The minimum absolute atomic E-state index is 0.0589. The van der Waals surface area contributed by atoms with Crippen molar-refractivity contribution in [3.63, 3.8) is 0 Å². The van der Waals surface area contributed by atoms with Crippen LogP contribution in [0.25, 0.3) is 0 Å². The Labute approximate surface area is 296 Å². The van der Waals surface area contributed by atoms with Gasteiger partial charge in [-0.15, -0.1) is 0 Å². The van der Waals surface area contributed by atoms with Gasteiger partial charge in [0.15, 0.2) is 13.6 Å². The van der Waals surface area contributed by atoms with E-state index in [1.54, 1.807) is 19.1 Å². The molecule has 0 fully saturated rings. The predicted molar refractivity (Wildman–Crippen MR) is 191 cm³/mol. The van der Waals surface area contributed by atoms with E-state index in [0.717, 1.165) is 16.1 Å². The molecule has 0 radical (unpaired) electrons. The summed E-state index contributed by atoms with van der Waals surface area (Å²) < 4.78 is 38.3. The van der Waals surface area contributed by atoms with Crippen molar-refractivity contribution in [1.82, 2.24) is 10.4 Å². The number of amides is 4. The number of esters is 1. The summed E-state index contributed by atoms with van der Waals surface area (Å²) in [5.74, 6) is 1.52. The van der Waals surface area contributed by atoms with Crippen molar-refractivity contribution in [2.24, 2.45) is 0 Å². The number of ether oxygens (including phenoxy) is 7. The van der Waals surface area contributed by atoms with Gasteiger partial charge >= 0.3 is 18.0 Å². The molecule has 14 nitrogen and oxygen atoms in total. The van der Waals surface area contributed by atoms with E-state index in [0.29, 0.717) is 60.2 Å². The van der Waals surface area contributed by atoms with E-state index in [1.165, 1.54) is 28.4 Å². The van der Waals surface area contributed by atoms with E-state index in [1.807, 2.05) is 53.7 Å². The van der Waals surface area contributed by atoms with Crippen molar-refractivity contribution >= 4 is 29.4 Å². The standard InChI is InChI=1S/C36H56N4O10/c1-12-48-30(41)16-14-13-15-17-40(34(43)38-29-21-25(47-11)19-27(36(5,6)7)32(29)50-23-45-9)39-33(42)37-28-20-24(46-10)18-26(35(2,3)4)31(28)49-22-44-8/h18-21H,12-17,22-23H2,1-11H3,(H,38,43)(H2,37,39,42). The maximum Gasteiger partial charge on any atom is 0.340 e. The number of nitrogens with zero attached hydrogens (tertiary/aromatic N) is 1. The molecule has 0 bridgehead atoms. The van der Waals surface area contributed by atoms with Crippen LogP contribution < -0.4 is 35.0 Å². The highest BCUT2D eigenvalue weighted by molar-refractivity contribution is 5.96. The summed E-state index contributed by atoms with van der Waals surface area (Å²) in [6.07, 6.45) is 1.88. The summed E-state index contributed by atoms with van der Waals surface area (Å²) in [7, 11) is 6.07. The Morgan fingerprint density at radius 1 is 0.700 bits per heavy atom. The smallest absolute Gasteiger partial charge is 0.340 e. The minimum atomic E-state index is -0.709. The van der Waals surface area contributed by atoms with E-state index in [-0.39, 0.29) is 43.4 Å². The van der Waals surface area contributed by atoms with Gasteiger partial charge in [0, 0.05) is 50.4 Å². The summed E-state index contributed by atoms with van der Waals surface area (Å²) in [6.45, 7) is 14.1. The van der Waals surface area contributed by atoms with E-state index >= 15 is 0 Å². The molecule has 2 aromatic carbocycles. The fraction of sp³-hybridized carbons (Fsp3) is 0.583. The summed E-state index contributed by atoms with van der Waals surface area (Å²) >= 11 is 0. The van der Waals surface area contributed by atoms with Gasteiger partial charge in [-0.1, -0.05) is 48.0 Å². The molecule has 0 heterocycles. The van der Waals surface area contributed by atoms with Crippen molar-refractivity contribution in [3.05, 3.63) is 35.4 Å². The molecule has 14 heteroatoms. The number of anilines is 2. The second kappa shape index (κ2) is 19.7. The zero-order chi connectivity index (χ0) is 37.5. The predicted octanol–water partition coefficient (Wildman–Crippen LogP) is 6.96.